The van der Waals surface area contributed by atoms with E-state index in [2.05, 4.69) is 39.6 Å². The van der Waals surface area contributed by atoms with E-state index < -0.39 is 29.6 Å². The van der Waals surface area contributed by atoms with Crippen LogP contribution in [-0.2, 0) is 34.7 Å². The molecule has 0 aliphatic carbocycles. The highest BCUT2D eigenvalue weighted by molar-refractivity contribution is 5.95. The van der Waals surface area contributed by atoms with Gasteiger partial charge in [-0.2, -0.15) is 26.3 Å². The van der Waals surface area contributed by atoms with Gasteiger partial charge in [0.2, 0.25) is 0 Å². The van der Waals surface area contributed by atoms with Crippen molar-refractivity contribution in [2.75, 3.05) is 65.9 Å². The van der Waals surface area contributed by atoms with Gasteiger partial charge in [-0.25, -0.2) is 9.97 Å². The van der Waals surface area contributed by atoms with Gasteiger partial charge in [-0.15, -0.1) is 0 Å². The second kappa shape index (κ2) is 26.1. The van der Waals surface area contributed by atoms with Gasteiger partial charge in [0.15, 0.2) is 17.3 Å². The van der Waals surface area contributed by atoms with Crippen LogP contribution < -0.4 is 30.0 Å². The third-order valence-electron chi connectivity index (χ3n) is 10.2. The fourth-order valence-corrected chi connectivity index (χ4v) is 6.77. The molecule has 0 aliphatic heterocycles. The summed E-state index contributed by atoms with van der Waals surface area (Å²) in [5.41, 5.74) is 5.55. The summed E-state index contributed by atoms with van der Waals surface area (Å²) in [7, 11) is 0. The third kappa shape index (κ3) is 16.6. The van der Waals surface area contributed by atoms with Gasteiger partial charge in [-0.05, 0) is 78.4 Å². The maximum absolute atomic E-state index is 13.7. The number of aryl methyl sites for hydroxylation is 1. The average molecular weight is 945 g/mol. The molecule has 3 N–H and O–H groups in total. The normalized spacial score (nSPS) is 12.1. The van der Waals surface area contributed by atoms with Crippen LogP contribution in [0.15, 0.2) is 140 Å². The Hall–Kier alpha value is -6.62. The first kappa shape index (κ1) is 50.8. The topological polar surface area (TPSA) is 119 Å². The van der Waals surface area contributed by atoms with Crippen LogP contribution in [0, 0.1) is 0 Å². The SMILES string of the molecule is NC(=C(c1ccc(OCCOCCOCCNCCCOc2ccc(OCCc3ccccc3)c(OCCCc3ccccc3)c2)cc1)c1nc(C(F)(F)F)cc(C(F)(F)F)n1)c1ccccc1. The highest BCUT2D eigenvalue weighted by Gasteiger charge is 2.40. The fourth-order valence-electron chi connectivity index (χ4n) is 6.77. The number of hydrogen-bond acceptors (Lipinski definition) is 10. The van der Waals surface area contributed by atoms with Crippen LogP contribution >= 0.6 is 0 Å². The molecule has 0 saturated heterocycles. The highest BCUT2D eigenvalue weighted by atomic mass is 19.4. The van der Waals surface area contributed by atoms with Crippen LogP contribution in [0.1, 0.15) is 52.3 Å². The van der Waals surface area contributed by atoms with Crippen molar-refractivity contribution in [3.8, 4) is 23.0 Å². The number of benzene rings is 5. The number of halogens is 6. The number of nitrogens with one attached hydrogen (secondary N) is 1. The molecule has 0 unspecified atom stereocenters. The average Bonchev–Trinajstić information content (AvgIpc) is 3.34. The summed E-state index contributed by atoms with van der Waals surface area (Å²) >= 11 is 0. The lowest BCUT2D eigenvalue weighted by atomic mass is 9.98. The van der Waals surface area contributed by atoms with Crippen molar-refractivity contribution >= 4 is 11.3 Å². The van der Waals surface area contributed by atoms with Crippen LogP contribution in [0.25, 0.3) is 11.3 Å². The highest BCUT2D eigenvalue weighted by Crippen LogP contribution is 2.37. The van der Waals surface area contributed by atoms with E-state index in [-0.39, 0.29) is 36.1 Å². The summed E-state index contributed by atoms with van der Waals surface area (Å²) in [6, 6.07) is 40.1. The molecule has 0 atom stereocenters. The van der Waals surface area contributed by atoms with Crippen molar-refractivity contribution in [1.29, 1.82) is 0 Å². The lowest BCUT2D eigenvalue weighted by Crippen LogP contribution is -2.23. The molecule has 16 heteroatoms. The maximum atomic E-state index is 13.7. The first-order valence-corrected chi connectivity index (χ1v) is 22.2. The summed E-state index contributed by atoms with van der Waals surface area (Å²) in [5.74, 6) is 1.60. The van der Waals surface area contributed by atoms with Crippen LogP contribution in [0.4, 0.5) is 26.3 Å². The van der Waals surface area contributed by atoms with E-state index in [0.29, 0.717) is 74.7 Å². The third-order valence-corrected chi connectivity index (χ3v) is 10.2. The predicted molar refractivity (Wildman–Crippen MR) is 247 cm³/mol. The molecule has 0 aliphatic rings. The monoisotopic (exact) mass is 944 g/mol. The van der Waals surface area contributed by atoms with Gasteiger partial charge in [0.1, 0.15) is 29.5 Å². The smallest absolute Gasteiger partial charge is 0.433 e. The Kier molecular flexibility index (Phi) is 19.5. The number of aromatic nitrogens is 2. The number of ether oxygens (including phenoxy) is 6. The number of nitrogens with two attached hydrogens (primary N) is 1. The summed E-state index contributed by atoms with van der Waals surface area (Å²) in [5, 5.41) is 3.34. The zero-order valence-electron chi connectivity index (χ0n) is 37.4. The molecular weight excluding hydrogens is 891 g/mol. The van der Waals surface area contributed by atoms with E-state index in [9.17, 15) is 26.3 Å². The molecule has 6 aromatic rings. The van der Waals surface area contributed by atoms with Crippen molar-refractivity contribution in [3.63, 3.8) is 0 Å². The first-order valence-electron chi connectivity index (χ1n) is 22.2. The number of alkyl halides is 6. The molecule has 0 fully saturated rings. The van der Waals surface area contributed by atoms with E-state index in [4.69, 9.17) is 34.2 Å². The van der Waals surface area contributed by atoms with E-state index in [0.717, 1.165) is 32.2 Å². The van der Waals surface area contributed by atoms with E-state index >= 15 is 0 Å². The maximum Gasteiger partial charge on any atom is 0.433 e. The Labute approximate surface area is 392 Å². The minimum atomic E-state index is -5.17. The number of hydrogen-bond donors (Lipinski definition) is 2. The van der Waals surface area contributed by atoms with Crippen LogP contribution in [-0.4, -0.2) is 75.9 Å². The predicted octanol–water partition coefficient (Wildman–Crippen LogP) is 10.5. The summed E-state index contributed by atoms with van der Waals surface area (Å²) in [6.45, 7) is 4.55. The number of rotatable bonds is 27. The quantitative estimate of drug-likeness (QED) is 0.0294. The largest absolute Gasteiger partial charge is 0.493 e. The van der Waals surface area contributed by atoms with Crippen molar-refractivity contribution in [2.24, 2.45) is 5.73 Å². The fraction of sp³-hybridized carbons (Fsp3) is 0.308. The van der Waals surface area contributed by atoms with Crippen molar-refractivity contribution in [1.82, 2.24) is 15.3 Å². The second-order valence-electron chi connectivity index (χ2n) is 15.3. The molecule has 0 saturated carbocycles. The molecule has 1 heterocycles. The molecule has 360 valence electrons. The molecule has 0 amide bonds. The molecule has 5 aromatic carbocycles. The Morgan fingerprint density at radius 2 is 1.01 bits per heavy atom. The van der Waals surface area contributed by atoms with Crippen molar-refractivity contribution < 1.29 is 54.8 Å². The first-order chi connectivity index (χ1) is 32.9. The van der Waals surface area contributed by atoms with Crippen molar-refractivity contribution in [2.45, 2.75) is 38.0 Å². The van der Waals surface area contributed by atoms with Crippen LogP contribution in [0.3, 0.4) is 0 Å². The minimum absolute atomic E-state index is 0.117. The van der Waals surface area contributed by atoms with Gasteiger partial charge >= 0.3 is 12.4 Å². The minimum Gasteiger partial charge on any atom is -0.493 e. The zero-order valence-corrected chi connectivity index (χ0v) is 37.4. The van der Waals surface area contributed by atoms with Gasteiger partial charge in [-0.3, -0.25) is 0 Å². The molecule has 1 aromatic heterocycles. The summed E-state index contributed by atoms with van der Waals surface area (Å²) in [6.07, 6.45) is -7.00. The Bertz CT molecular complexity index is 2410. The Morgan fingerprint density at radius 3 is 1.66 bits per heavy atom. The lowest BCUT2D eigenvalue weighted by Gasteiger charge is -2.17. The second-order valence-corrected chi connectivity index (χ2v) is 15.3. The molecular formula is C52H54F6N4O6. The standard InChI is InChI=1S/C52H54F6N4O6/c53-51(54,55)46-37-47(52(56,57)58)62-50(61-46)48(49(59)41-17-8-3-9-18-41)40-19-21-42(22-20-40)66-35-34-64-33-32-63-31-27-60-26-11-29-65-43-23-24-44(68-30-25-39-14-6-2-7-15-39)45(36-43)67-28-10-16-38-12-4-1-5-13-38/h1-9,12-15,17-24,36-37,60H,10-11,16,25-35,59H2. The molecule has 0 bridgehead atoms. The molecule has 68 heavy (non-hydrogen) atoms. The van der Waals surface area contributed by atoms with Crippen molar-refractivity contribution in [3.05, 3.63) is 179 Å². The Morgan fingerprint density at radius 1 is 0.471 bits per heavy atom. The zero-order chi connectivity index (χ0) is 48.0. The van der Waals surface area contributed by atoms with Crippen LogP contribution in [0.2, 0.25) is 0 Å². The van der Waals surface area contributed by atoms with Gasteiger partial charge in [0.05, 0.1) is 51.9 Å². The van der Waals surface area contributed by atoms with Gasteiger partial charge in [-0.1, -0.05) is 103 Å². The molecule has 10 nitrogen and oxygen atoms in total. The van der Waals surface area contributed by atoms with Gasteiger partial charge in [0.25, 0.3) is 0 Å². The molecule has 6 rings (SSSR count). The van der Waals surface area contributed by atoms with Gasteiger partial charge in [0, 0.05) is 24.6 Å². The van der Waals surface area contributed by atoms with Gasteiger partial charge < -0.3 is 39.5 Å². The van der Waals surface area contributed by atoms with E-state index in [1.54, 1.807) is 30.3 Å². The van der Waals surface area contributed by atoms with E-state index in [1.807, 2.05) is 54.6 Å². The van der Waals surface area contributed by atoms with Crippen LogP contribution in [0.5, 0.6) is 23.0 Å². The lowest BCUT2D eigenvalue weighted by molar-refractivity contribution is -0.147. The van der Waals surface area contributed by atoms with E-state index in [1.165, 1.54) is 35.4 Å². The summed E-state index contributed by atoms with van der Waals surface area (Å²) < 4.78 is 118. The Balaban J connectivity index is 0.870. The summed E-state index contributed by atoms with van der Waals surface area (Å²) in [4.78, 5) is 6.95. The molecule has 0 spiro atoms. The molecule has 0 radical (unpaired) electrons. The number of nitrogens with zero attached hydrogens (tertiary/aromatic N) is 2.